The Bertz CT molecular complexity index is 778. The number of fused-ring (bicyclic) bond motifs is 1. The normalized spacial score (nSPS) is 20.6. The summed E-state index contributed by atoms with van der Waals surface area (Å²) in [5, 5.41) is 2.80. The molecule has 0 aromatic heterocycles. The number of nitrogens with one attached hydrogen (secondary N) is 1. The summed E-state index contributed by atoms with van der Waals surface area (Å²) in [5.41, 5.74) is 1.00. The summed E-state index contributed by atoms with van der Waals surface area (Å²) in [6.07, 6.45) is 5.63. The Kier molecular flexibility index (Phi) is 6.90. The lowest BCUT2D eigenvalue weighted by Crippen LogP contribution is -2.41. The number of rotatable bonds is 9. The maximum atomic E-state index is 12.4. The number of carbonyl (C=O) groups is 3. The van der Waals surface area contributed by atoms with Gasteiger partial charge in [0.2, 0.25) is 17.7 Å². The molecule has 1 N–H and O–H groups in total. The number of imide groups is 1. The predicted octanol–water partition coefficient (Wildman–Crippen LogP) is 2.09. The van der Waals surface area contributed by atoms with E-state index in [2.05, 4.69) is 5.32 Å². The molecule has 0 radical (unpaired) electrons. The van der Waals surface area contributed by atoms with E-state index in [0.717, 1.165) is 10.5 Å². The molecule has 1 aliphatic heterocycles. The molecule has 1 aromatic carbocycles. The molecule has 1 saturated heterocycles. The lowest BCUT2D eigenvalue weighted by molar-refractivity contribution is -0.143. The minimum Gasteiger partial charge on any atom is -0.490 e. The highest BCUT2D eigenvalue weighted by Gasteiger charge is 2.47. The van der Waals surface area contributed by atoms with Crippen LogP contribution in [0.25, 0.3) is 0 Å². The molecule has 1 heterocycles. The SMILES string of the molecule is CCOc1ccc(CCNC(=O)CN2C(=O)[C@@H]3CC=CC[C@H]3C2=O)cc1OCC. The van der Waals surface area contributed by atoms with Gasteiger partial charge in [-0.25, -0.2) is 0 Å². The highest BCUT2D eigenvalue weighted by molar-refractivity contribution is 6.07. The summed E-state index contributed by atoms with van der Waals surface area (Å²) >= 11 is 0. The fourth-order valence-corrected chi connectivity index (χ4v) is 3.82. The number of hydrogen-bond acceptors (Lipinski definition) is 5. The second kappa shape index (κ2) is 9.58. The second-order valence-electron chi connectivity index (χ2n) is 7.17. The van der Waals surface area contributed by atoms with Crippen molar-refractivity contribution < 1.29 is 23.9 Å². The van der Waals surface area contributed by atoms with Crippen LogP contribution in [0.4, 0.5) is 0 Å². The first kappa shape index (κ1) is 20.9. The molecule has 0 unspecified atom stereocenters. The van der Waals surface area contributed by atoms with Gasteiger partial charge in [0.1, 0.15) is 6.54 Å². The Morgan fingerprint density at radius 1 is 1.03 bits per heavy atom. The van der Waals surface area contributed by atoms with Crippen LogP contribution in [-0.4, -0.2) is 48.9 Å². The first-order chi connectivity index (χ1) is 14.0. The van der Waals surface area contributed by atoms with Gasteiger partial charge in [0.05, 0.1) is 25.0 Å². The fraction of sp³-hybridized carbons (Fsp3) is 0.500. The van der Waals surface area contributed by atoms with Crippen molar-refractivity contribution in [3.63, 3.8) is 0 Å². The van der Waals surface area contributed by atoms with Crippen LogP contribution in [0.3, 0.4) is 0 Å². The van der Waals surface area contributed by atoms with Crippen molar-refractivity contribution in [2.45, 2.75) is 33.1 Å². The van der Waals surface area contributed by atoms with E-state index in [1.807, 2.05) is 44.2 Å². The molecule has 0 bridgehead atoms. The van der Waals surface area contributed by atoms with E-state index in [0.29, 0.717) is 50.5 Å². The third-order valence-electron chi connectivity index (χ3n) is 5.24. The Morgan fingerprint density at radius 3 is 2.28 bits per heavy atom. The molecule has 1 aliphatic carbocycles. The summed E-state index contributed by atoms with van der Waals surface area (Å²) < 4.78 is 11.2. The first-order valence-electron chi connectivity index (χ1n) is 10.2. The highest BCUT2D eigenvalue weighted by Crippen LogP contribution is 2.34. The second-order valence-corrected chi connectivity index (χ2v) is 7.17. The van der Waals surface area contributed by atoms with Crippen molar-refractivity contribution in [1.82, 2.24) is 10.2 Å². The summed E-state index contributed by atoms with van der Waals surface area (Å²) in [6, 6.07) is 5.71. The van der Waals surface area contributed by atoms with Crippen molar-refractivity contribution in [3.8, 4) is 11.5 Å². The van der Waals surface area contributed by atoms with E-state index in [1.165, 1.54) is 0 Å². The van der Waals surface area contributed by atoms with Crippen LogP contribution in [-0.2, 0) is 20.8 Å². The third-order valence-corrected chi connectivity index (χ3v) is 5.24. The average Bonchev–Trinajstić information content (AvgIpc) is 2.95. The number of ether oxygens (including phenoxy) is 2. The molecule has 29 heavy (non-hydrogen) atoms. The smallest absolute Gasteiger partial charge is 0.240 e. The van der Waals surface area contributed by atoms with Gasteiger partial charge in [0.25, 0.3) is 0 Å². The topological polar surface area (TPSA) is 84.9 Å². The number of carbonyl (C=O) groups excluding carboxylic acids is 3. The monoisotopic (exact) mass is 400 g/mol. The van der Waals surface area contributed by atoms with E-state index in [1.54, 1.807) is 0 Å². The van der Waals surface area contributed by atoms with Crippen LogP contribution in [0, 0.1) is 11.8 Å². The van der Waals surface area contributed by atoms with Gasteiger partial charge in [-0.3, -0.25) is 19.3 Å². The maximum Gasteiger partial charge on any atom is 0.240 e. The molecule has 3 amide bonds. The minimum absolute atomic E-state index is 0.210. The van der Waals surface area contributed by atoms with Gasteiger partial charge in [-0.1, -0.05) is 18.2 Å². The molecule has 1 aromatic rings. The number of likely N-dealkylation sites (tertiary alicyclic amines) is 1. The summed E-state index contributed by atoms with van der Waals surface area (Å²) in [4.78, 5) is 38.3. The largest absolute Gasteiger partial charge is 0.490 e. The number of amides is 3. The zero-order valence-electron chi connectivity index (χ0n) is 17.0. The molecule has 7 nitrogen and oxygen atoms in total. The zero-order chi connectivity index (χ0) is 20.8. The van der Waals surface area contributed by atoms with Crippen molar-refractivity contribution in [1.29, 1.82) is 0 Å². The molecule has 2 atom stereocenters. The van der Waals surface area contributed by atoms with Crippen LogP contribution in [0.15, 0.2) is 30.4 Å². The lowest BCUT2D eigenvalue weighted by Gasteiger charge is -2.15. The Balaban J connectivity index is 1.51. The van der Waals surface area contributed by atoms with E-state index < -0.39 is 0 Å². The van der Waals surface area contributed by atoms with E-state index >= 15 is 0 Å². The van der Waals surface area contributed by atoms with Gasteiger partial charge in [-0.2, -0.15) is 0 Å². The lowest BCUT2D eigenvalue weighted by atomic mass is 9.85. The van der Waals surface area contributed by atoms with Crippen molar-refractivity contribution in [3.05, 3.63) is 35.9 Å². The third kappa shape index (κ3) is 4.78. The fourth-order valence-electron chi connectivity index (χ4n) is 3.82. The molecule has 156 valence electrons. The van der Waals surface area contributed by atoms with Crippen LogP contribution in [0.2, 0.25) is 0 Å². The number of allylic oxidation sites excluding steroid dienone is 2. The zero-order valence-corrected chi connectivity index (χ0v) is 17.0. The van der Waals surface area contributed by atoms with Crippen LogP contribution in [0.5, 0.6) is 11.5 Å². The van der Waals surface area contributed by atoms with Crippen LogP contribution in [0.1, 0.15) is 32.3 Å². The average molecular weight is 400 g/mol. The Labute approximate surface area is 171 Å². The quantitative estimate of drug-likeness (QED) is 0.507. The Morgan fingerprint density at radius 2 is 1.66 bits per heavy atom. The van der Waals surface area contributed by atoms with Crippen molar-refractivity contribution >= 4 is 17.7 Å². The Hall–Kier alpha value is -2.83. The van der Waals surface area contributed by atoms with Gasteiger partial charge >= 0.3 is 0 Å². The van der Waals surface area contributed by atoms with Gasteiger partial charge < -0.3 is 14.8 Å². The van der Waals surface area contributed by atoms with Crippen molar-refractivity contribution in [2.75, 3.05) is 26.3 Å². The molecule has 7 heteroatoms. The molecular formula is C22H28N2O5. The van der Waals surface area contributed by atoms with Crippen molar-refractivity contribution in [2.24, 2.45) is 11.8 Å². The highest BCUT2D eigenvalue weighted by atomic mass is 16.5. The molecule has 3 rings (SSSR count). The summed E-state index contributed by atoms with van der Waals surface area (Å²) in [5.74, 6) is -0.0110. The van der Waals surface area contributed by atoms with Gasteiger partial charge in [0, 0.05) is 6.54 Å². The summed E-state index contributed by atoms with van der Waals surface area (Å²) in [6.45, 7) is 5.12. The molecular weight excluding hydrogens is 372 g/mol. The van der Waals surface area contributed by atoms with E-state index in [9.17, 15) is 14.4 Å². The maximum absolute atomic E-state index is 12.4. The van der Waals surface area contributed by atoms with Gasteiger partial charge in [-0.05, 0) is 50.8 Å². The number of hydrogen-bond donors (Lipinski definition) is 1. The first-order valence-corrected chi connectivity index (χ1v) is 10.2. The number of benzene rings is 1. The molecule has 0 saturated carbocycles. The van der Waals surface area contributed by atoms with Crippen LogP contribution < -0.4 is 14.8 Å². The predicted molar refractivity (Wildman–Crippen MR) is 108 cm³/mol. The number of nitrogens with zero attached hydrogens (tertiary/aromatic N) is 1. The van der Waals surface area contributed by atoms with E-state index in [-0.39, 0.29) is 36.1 Å². The van der Waals surface area contributed by atoms with Gasteiger partial charge in [-0.15, -0.1) is 0 Å². The van der Waals surface area contributed by atoms with Crippen LogP contribution >= 0.6 is 0 Å². The summed E-state index contributed by atoms with van der Waals surface area (Å²) in [7, 11) is 0. The molecule has 1 fully saturated rings. The van der Waals surface area contributed by atoms with Gasteiger partial charge in [0.15, 0.2) is 11.5 Å². The minimum atomic E-state index is -0.325. The standard InChI is InChI=1S/C22H28N2O5/c1-3-28-18-10-9-15(13-19(18)29-4-2)11-12-23-20(25)14-24-21(26)16-7-5-6-8-17(16)22(24)27/h5-6,9-10,13,16-17H,3-4,7-8,11-12,14H2,1-2H3,(H,23,25)/t16-,17-/m1/s1. The molecule has 0 spiro atoms. The van der Waals surface area contributed by atoms with E-state index in [4.69, 9.17) is 9.47 Å². The molecule has 2 aliphatic rings.